The number of methoxy groups -OCH3 is 1. The Bertz CT molecular complexity index is 731. The van der Waals surface area contributed by atoms with Crippen molar-refractivity contribution in [3.8, 4) is 11.5 Å². The summed E-state index contributed by atoms with van der Waals surface area (Å²) in [5.41, 5.74) is -0.0525. The van der Waals surface area contributed by atoms with Gasteiger partial charge >= 0.3 is 5.97 Å². The highest BCUT2D eigenvalue weighted by atomic mass is 16.5. The fourth-order valence-electron chi connectivity index (χ4n) is 3.22. The number of aliphatic carboxylic acids is 1. The molecule has 134 valence electrons. The van der Waals surface area contributed by atoms with E-state index in [4.69, 9.17) is 9.26 Å². The Morgan fingerprint density at radius 1 is 1.48 bits per heavy atom. The van der Waals surface area contributed by atoms with Gasteiger partial charge in [-0.25, -0.2) is 4.98 Å². The molecule has 1 saturated heterocycles. The van der Waals surface area contributed by atoms with E-state index in [2.05, 4.69) is 15.1 Å². The summed E-state index contributed by atoms with van der Waals surface area (Å²) >= 11 is 0. The van der Waals surface area contributed by atoms with Crippen LogP contribution in [0.25, 0.3) is 11.5 Å². The molecular formula is C17H22N4O4. The Kier molecular flexibility index (Phi) is 4.98. The van der Waals surface area contributed by atoms with Gasteiger partial charge in [0.2, 0.25) is 0 Å². The maximum Gasteiger partial charge on any atom is 0.311 e. The summed E-state index contributed by atoms with van der Waals surface area (Å²) in [7, 11) is 1.59. The van der Waals surface area contributed by atoms with Crippen molar-refractivity contribution in [3.05, 3.63) is 24.2 Å². The van der Waals surface area contributed by atoms with Gasteiger partial charge in [0.1, 0.15) is 5.82 Å². The SMILES string of the molecule is COCC[C@]1(C(=O)O)CCCN(c2ccc(-c3nc(C)no3)cn2)C1. The van der Waals surface area contributed by atoms with Crippen molar-refractivity contribution in [2.24, 2.45) is 5.41 Å². The van der Waals surface area contributed by atoms with E-state index in [0.29, 0.717) is 37.7 Å². The number of piperidine rings is 1. The third-order valence-corrected chi connectivity index (χ3v) is 4.66. The molecule has 1 fully saturated rings. The van der Waals surface area contributed by atoms with Crippen LogP contribution in [0.5, 0.6) is 0 Å². The molecule has 1 N–H and O–H groups in total. The molecule has 25 heavy (non-hydrogen) atoms. The minimum absolute atomic E-state index is 0.426. The zero-order valence-corrected chi connectivity index (χ0v) is 14.4. The number of ether oxygens (including phenoxy) is 1. The first kappa shape index (κ1) is 17.3. The Hall–Kier alpha value is -2.48. The van der Waals surface area contributed by atoms with Crippen LogP contribution in [-0.4, -0.2) is 53.0 Å². The van der Waals surface area contributed by atoms with E-state index >= 15 is 0 Å². The first-order chi connectivity index (χ1) is 12.0. The molecule has 0 bridgehead atoms. The minimum Gasteiger partial charge on any atom is -0.481 e. The van der Waals surface area contributed by atoms with Crippen molar-refractivity contribution in [1.82, 2.24) is 15.1 Å². The number of carboxylic acid groups (broad SMARTS) is 1. The van der Waals surface area contributed by atoms with Crippen molar-refractivity contribution in [2.75, 3.05) is 31.7 Å². The lowest BCUT2D eigenvalue weighted by atomic mass is 9.77. The van der Waals surface area contributed by atoms with Crippen molar-refractivity contribution >= 4 is 11.8 Å². The Balaban J connectivity index is 1.77. The molecule has 0 aromatic carbocycles. The van der Waals surface area contributed by atoms with Crippen LogP contribution in [0.15, 0.2) is 22.9 Å². The first-order valence-corrected chi connectivity index (χ1v) is 8.28. The number of aryl methyl sites for hydroxylation is 1. The molecule has 2 aromatic rings. The minimum atomic E-state index is -0.793. The summed E-state index contributed by atoms with van der Waals surface area (Å²) in [6.07, 6.45) is 3.63. The number of anilines is 1. The Morgan fingerprint density at radius 2 is 2.32 bits per heavy atom. The lowest BCUT2D eigenvalue weighted by Crippen LogP contribution is -2.48. The molecule has 1 atom stereocenters. The second kappa shape index (κ2) is 7.18. The highest BCUT2D eigenvalue weighted by molar-refractivity contribution is 5.76. The molecule has 0 aliphatic carbocycles. The average molecular weight is 346 g/mol. The summed E-state index contributed by atoms with van der Waals surface area (Å²) in [6.45, 7) is 3.41. The van der Waals surface area contributed by atoms with Crippen LogP contribution in [0.4, 0.5) is 5.82 Å². The summed E-state index contributed by atoms with van der Waals surface area (Å²) in [5, 5.41) is 13.5. The second-order valence-corrected chi connectivity index (χ2v) is 6.41. The van der Waals surface area contributed by atoms with Gasteiger partial charge in [0.05, 0.1) is 11.0 Å². The maximum absolute atomic E-state index is 11.9. The zero-order valence-electron chi connectivity index (χ0n) is 14.4. The van der Waals surface area contributed by atoms with Crippen LogP contribution in [0.2, 0.25) is 0 Å². The predicted octanol–water partition coefficient (Wildman–Crippen LogP) is 2.15. The molecule has 1 aliphatic heterocycles. The van der Waals surface area contributed by atoms with Crippen LogP contribution in [-0.2, 0) is 9.53 Å². The van der Waals surface area contributed by atoms with Gasteiger partial charge in [0.15, 0.2) is 5.82 Å². The van der Waals surface area contributed by atoms with Crippen LogP contribution in [0, 0.1) is 12.3 Å². The van der Waals surface area contributed by atoms with Crippen LogP contribution in [0.1, 0.15) is 25.1 Å². The topological polar surface area (TPSA) is 102 Å². The van der Waals surface area contributed by atoms with E-state index in [1.807, 2.05) is 17.0 Å². The number of rotatable bonds is 6. The summed E-state index contributed by atoms with van der Waals surface area (Å²) in [4.78, 5) is 22.5. The van der Waals surface area contributed by atoms with Gasteiger partial charge in [0.25, 0.3) is 5.89 Å². The molecule has 0 amide bonds. The lowest BCUT2D eigenvalue weighted by Gasteiger charge is -2.40. The van der Waals surface area contributed by atoms with Crippen molar-refractivity contribution in [1.29, 1.82) is 0 Å². The van der Waals surface area contributed by atoms with E-state index in [1.54, 1.807) is 20.2 Å². The lowest BCUT2D eigenvalue weighted by molar-refractivity contribution is -0.150. The molecular weight excluding hydrogens is 324 g/mol. The molecule has 8 heteroatoms. The second-order valence-electron chi connectivity index (χ2n) is 6.41. The summed E-state index contributed by atoms with van der Waals surface area (Å²) in [6, 6.07) is 3.73. The standard InChI is InChI=1S/C17H22N4O4/c1-12-19-15(25-20-12)13-4-5-14(18-10-13)21-8-3-6-17(11-21,16(22)23)7-9-24-2/h4-5,10H,3,6-9,11H2,1-2H3,(H,22,23)/t17-/m1/s1. The van der Waals surface area contributed by atoms with E-state index in [9.17, 15) is 9.90 Å². The third-order valence-electron chi connectivity index (χ3n) is 4.66. The van der Waals surface area contributed by atoms with E-state index in [0.717, 1.165) is 24.3 Å². The van der Waals surface area contributed by atoms with Crippen LogP contribution >= 0.6 is 0 Å². The van der Waals surface area contributed by atoms with Gasteiger partial charge in [0, 0.05) is 33.0 Å². The fraction of sp³-hybridized carbons (Fsp3) is 0.529. The number of hydrogen-bond donors (Lipinski definition) is 1. The van der Waals surface area contributed by atoms with Crippen LogP contribution in [0.3, 0.4) is 0 Å². The number of pyridine rings is 1. The number of nitrogens with zero attached hydrogens (tertiary/aromatic N) is 4. The highest BCUT2D eigenvalue weighted by Gasteiger charge is 2.42. The number of hydrogen-bond acceptors (Lipinski definition) is 7. The van der Waals surface area contributed by atoms with Gasteiger partial charge in [-0.05, 0) is 38.3 Å². The predicted molar refractivity (Wildman–Crippen MR) is 90.3 cm³/mol. The molecule has 1 aliphatic rings. The normalized spacial score (nSPS) is 20.6. The molecule has 3 heterocycles. The molecule has 0 saturated carbocycles. The quantitative estimate of drug-likeness (QED) is 0.849. The average Bonchev–Trinajstić information content (AvgIpc) is 3.06. The maximum atomic E-state index is 11.9. The smallest absolute Gasteiger partial charge is 0.311 e. The number of aromatic nitrogens is 3. The largest absolute Gasteiger partial charge is 0.481 e. The van der Waals surface area contributed by atoms with Crippen molar-refractivity contribution in [3.63, 3.8) is 0 Å². The van der Waals surface area contributed by atoms with Gasteiger partial charge in [-0.15, -0.1) is 0 Å². The Morgan fingerprint density at radius 3 is 2.92 bits per heavy atom. The van der Waals surface area contributed by atoms with E-state index in [-0.39, 0.29) is 0 Å². The number of carboxylic acids is 1. The fourth-order valence-corrected chi connectivity index (χ4v) is 3.22. The van der Waals surface area contributed by atoms with Gasteiger partial charge in [-0.3, -0.25) is 4.79 Å². The molecule has 0 radical (unpaired) electrons. The third kappa shape index (κ3) is 3.63. The molecule has 3 rings (SSSR count). The van der Waals surface area contributed by atoms with E-state index < -0.39 is 11.4 Å². The van der Waals surface area contributed by atoms with Gasteiger partial charge in [-0.2, -0.15) is 4.98 Å². The highest BCUT2D eigenvalue weighted by Crippen LogP contribution is 2.35. The molecule has 8 nitrogen and oxygen atoms in total. The van der Waals surface area contributed by atoms with Crippen LogP contribution < -0.4 is 4.90 Å². The van der Waals surface area contributed by atoms with Gasteiger partial charge < -0.3 is 19.3 Å². The zero-order chi connectivity index (χ0) is 17.9. The Labute approximate surface area is 145 Å². The monoisotopic (exact) mass is 346 g/mol. The van der Waals surface area contributed by atoms with Crippen molar-refractivity contribution < 1.29 is 19.2 Å². The summed E-state index contributed by atoms with van der Waals surface area (Å²) in [5.74, 6) is 0.976. The molecule has 0 spiro atoms. The number of carbonyl (C=O) groups is 1. The van der Waals surface area contributed by atoms with Gasteiger partial charge in [-0.1, -0.05) is 5.16 Å². The molecule has 2 aromatic heterocycles. The van der Waals surface area contributed by atoms with E-state index in [1.165, 1.54) is 0 Å². The van der Waals surface area contributed by atoms with Crippen molar-refractivity contribution in [2.45, 2.75) is 26.2 Å². The molecule has 0 unspecified atom stereocenters. The summed E-state index contributed by atoms with van der Waals surface area (Å²) < 4.78 is 10.2. The first-order valence-electron chi connectivity index (χ1n) is 8.28.